The van der Waals surface area contributed by atoms with Crippen LogP contribution in [0.2, 0.25) is 19.6 Å². The molecule has 5 rings (SSSR count). The fourth-order valence-corrected chi connectivity index (χ4v) is 6.18. The number of carbonyl (C=O) groups excluding carboxylic acids is 1. The number of hydrogen-bond acceptors (Lipinski definition) is 6. The first-order valence-electron chi connectivity index (χ1n) is 10.5. The second-order valence-electron chi connectivity index (χ2n) is 9.45. The number of pyridine rings is 2. The number of carbonyl (C=O) groups is 1. The van der Waals surface area contributed by atoms with E-state index in [-0.39, 0.29) is 18.6 Å². The normalized spacial score (nSPS) is 19.7. The molecular formula is C23H25N3O4Si. The Labute approximate surface area is 180 Å². The van der Waals surface area contributed by atoms with Gasteiger partial charge in [0, 0.05) is 22.2 Å². The van der Waals surface area contributed by atoms with Crippen LogP contribution in [0.5, 0.6) is 0 Å². The van der Waals surface area contributed by atoms with Gasteiger partial charge in [-0.05, 0) is 29.8 Å². The lowest BCUT2D eigenvalue weighted by molar-refractivity contribution is -0.172. The van der Waals surface area contributed by atoms with Gasteiger partial charge in [0.05, 0.1) is 37.1 Å². The minimum atomic E-state index is -1.82. The molecule has 160 valence electrons. The second-order valence-corrected chi connectivity index (χ2v) is 14.5. The van der Waals surface area contributed by atoms with Crippen LogP contribution in [0.1, 0.15) is 30.0 Å². The quantitative estimate of drug-likeness (QED) is 0.284. The number of ether oxygens (including phenoxy) is 1. The van der Waals surface area contributed by atoms with Gasteiger partial charge in [-0.2, -0.15) is 0 Å². The Morgan fingerprint density at radius 3 is 2.68 bits per heavy atom. The third-order valence-corrected chi connectivity index (χ3v) is 8.54. The van der Waals surface area contributed by atoms with Gasteiger partial charge in [0.15, 0.2) is 5.60 Å². The molecule has 2 aliphatic heterocycles. The van der Waals surface area contributed by atoms with Crippen LogP contribution in [0.25, 0.3) is 22.3 Å². The van der Waals surface area contributed by atoms with Gasteiger partial charge in [0.25, 0.3) is 5.56 Å². The monoisotopic (exact) mass is 435 g/mol. The van der Waals surface area contributed by atoms with Crippen LogP contribution in [0.4, 0.5) is 5.69 Å². The molecule has 7 nitrogen and oxygen atoms in total. The van der Waals surface area contributed by atoms with E-state index >= 15 is 0 Å². The molecule has 0 aliphatic carbocycles. The summed E-state index contributed by atoms with van der Waals surface area (Å²) in [6, 6.07) is 7.76. The number of rotatable bonds is 2. The fourth-order valence-electron chi connectivity index (χ4n) is 4.69. The molecule has 0 bridgehead atoms. The van der Waals surface area contributed by atoms with Crippen molar-refractivity contribution in [3.05, 3.63) is 51.3 Å². The van der Waals surface area contributed by atoms with Gasteiger partial charge < -0.3 is 20.1 Å². The number of nitrogen functional groups attached to an aromatic ring is 1. The summed E-state index contributed by atoms with van der Waals surface area (Å²) in [7, 11) is -1.70. The van der Waals surface area contributed by atoms with Crippen molar-refractivity contribution in [2.75, 3.05) is 5.73 Å². The van der Waals surface area contributed by atoms with Crippen molar-refractivity contribution in [2.45, 2.75) is 51.7 Å². The molecule has 31 heavy (non-hydrogen) atoms. The largest absolute Gasteiger partial charge is 0.458 e. The lowest BCUT2D eigenvalue weighted by Gasteiger charge is -2.31. The Morgan fingerprint density at radius 1 is 1.26 bits per heavy atom. The molecule has 1 atom stereocenters. The van der Waals surface area contributed by atoms with Crippen LogP contribution in [0, 0.1) is 0 Å². The molecule has 2 aliphatic rings. The highest BCUT2D eigenvalue weighted by atomic mass is 28.3. The van der Waals surface area contributed by atoms with Crippen molar-refractivity contribution < 1.29 is 14.6 Å². The summed E-state index contributed by atoms with van der Waals surface area (Å²) < 4.78 is 6.78. The van der Waals surface area contributed by atoms with Crippen LogP contribution in [0.15, 0.2) is 29.1 Å². The number of esters is 1. The van der Waals surface area contributed by atoms with Crippen LogP contribution in [0.3, 0.4) is 0 Å². The first-order valence-corrected chi connectivity index (χ1v) is 14.0. The van der Waals surface area contributed by atoms with Gasteiger partial charge in [0.2, 0.25) is 0 Å². The van der Waals surface area contributed by atoms with Crippen molar-refractivity contribution in [2.24, 2.45) is 0 Å². The first-order chi connectivity index (χ1) is 14.6. The lowest BCUT2D eigenvalue weighted by atomic mass is 9.86. The summed E-state index contributed by atoms with van der Waals surface area (Å²) in [5.41, 5.74) is 8.61. The molecule has 8 heteroatoms. The minimum Gasteiger partial charge on any atom is -0.458 e. The van der Waals surface area contributed by atoms with E-state index in [1.54, 1.807) is 17.6 Å². The molecule has 3 N–H and O–H groups in total. The van der Waals surface area contributed by atoms with Gasteiger partial charge in [-0.25, -0.2) is 9.78 Å². The molecule has 0 amide bonds. The van der Waals surface area contributed by atoms with E-state index in [0.29, 0.717) is 34.7 Å². The first kappa shape index (κ1) is 20.0. The van der Waals surface area contributed by atoms with Gasteiger partial charge >= 0.3 is 5.97 Å². The summed E-state index contributed by atoms with van der Waals surface area (Å²) in [6.07, 6.45) is 0.121. The standard InChI is InChI=1S/C23H25N3O4Si/c1-5-23(29)15-9-17-19-12(10-26(17)21(27)14(15)11-30-22(23)28)8-13-16(24)6-7-18(20(13)25-19)31(2,3)4/h6-9,29H,5,10-11,24H2,1-4H3/t23-/m0/s1. The van der Waals surface area contributed by atoms with Crippen LogP contribution in [-0.2, 0) is 28.3 Å². The smallest absolute Gasteiger partial charge is 0.343 e. The van der Waals surface area contributed by atoms with Crippen molar-refractivity contribution in [1.29, 1.82) is 0 Å². The summed E-state index contributed by atoms with van der Waals surface area (Å²) in [5.74, 6) is -0.717. The molecular weight excluding hydrogens is 410 g/mol. The number of aliphatic hydroxyl groups is 1. The maximum Gasteiger partial charge on any atom is 0.343 e. The number of fused-ring (bicyclic) bond motifs is 5. The molecule has 1 aromatic carbocycles. The van der Waals surface area contributed by atoms with Gasteiger partial charge in [-0.15, -0.1) is 0 Å². The summed E-state index contributed by atoms with van der Waals surface area (Å²) in [5, 5.41) is 13.1. The van der Waals surface area contributed by atoms with E-state index in [2.05, 4.69) is 25.7 Å². The number of cyclic esters (lactones) is 1. The Hall–Kier alpha value is -2.97. The van der Waals surface area contributed by atoms with Crippen LogP contribution in [-0.4, -0.2) is 28.7 Å². The third-order valence-electron chi connectivity index (χ3n) is 6.52. The van der Waals surface area contributed by atoms with E-state index < -0.39 is 19.6 Å². The number of nitrogens with two attached hydrogens (primary N) is 1. The van der Waals surface area contributed by atoms with E-state index in [4.69, 9.17) is 15.5 Å². The fraction of sp³-hybridized carbons (Fsp3) is 0.348. The molecule has 0 saturated carbocycles. The number of benzene rings is 1. The van der Waals surface area contributed by atoms with E-state index in [1.165, 1.54) is 5.19 Å². The van der Waals surface area contributed by atoms with Crippen molar-refractivity contribution >= 4 is 35.8 Å². The molecule has 0 fully saturated rings. The number of aromatic nitrogens is 2. The predicted octanol–water partition coefficient (Wildman–Crippen LogP) is 2.21. The molecule has 0 radical (unpaired) electrons. The van der Waals surface area contributed by atoms with Crippen LogP contribution < -0.4 is 16.5 Å². The number of hydrogen-bond donors (Lipinski definition) is 2. The predicted molar refractivity (Wildman–Crippen MR) is 122 cm³/mol. The Balaban J connectivity index is 1.83. The van der Waals surface area contributed by atoms with Crippen LogP contribution >= 0.6 is 0 Å². The zero-order chi connectivity index (χ0) is 22.3. The van der Waals surface area contributed by atoms with Crippen molar-refractivity contribution in [1.82, 2.24) is 9.55 Å². The molecule has 0 spiro atoms. The second kappa shape index (κ2) is 6.27. The topological polar surface area (TPSA) is 107 Å². The van der Waals surface area contributed by atoms with Crippen molar-refractivity contribution in [3.63, 3.8) is 0 Å². The average Bonchev–Trinajstić information content (AvgIpc) is 3.07. The number of nitrogens with zero attached hydrogens (tertiary/aromatic N) is 2. The average molecular weight is 436 g/mol. The number of anilines is 1. The zero-order valence-electron chi connectivity index (χ0n) is 18.1. The Bertz CT molecular complexity index is 1360. The lowest BCUT2D eigenvalue weighted by Crippen LogP contribution is -2.44. The van der Waals surface area contributed by atoms with Gasteiger partial charge in [-0.1, -0.05) is 32.6 Å². The van der Waals surface area contributed by atoms with Gasteiger partial charge in [0.1, 0.15) is 6.61 Å². The Morgan fingerprint density at radius 2 is 2.00 bits per heavy atom. The highest BCUT2D eigenvalue weighted by Crippen LogP contribution is 2.39. The SMILES string of the molecule is CC[C@@]1(O)C(=O)OCc2c1cc1n(c2=O)Cc2cc3c(N)ccc([Si](C)(C)C)c3nc2-1. The Kier molecular flexibility index (Phi) is 4.04. The highest BCUT2D eigenvalue weighted by Gasteiger charge is 2.45. The molecule has 0 saturated heterocycles. The maximum atomic E-state index is 13.3. The van der Waals surface area contributed by atoms with E-state index in [0.717, 1.165) is 16.5 Å². The molecule has 3 aromatic rings. The summed E-state index contributed by atoms with van der Waals surface area (Å²) in [4.78, 5) is 30.6. The highest BCUT2D eigenvalue weighted by molar-refractivity contribution is 6.90. The summed E-state index contributed by atoms with van der Waals surface area (Å²) in [6.45, 7) is 8.71. The zero-order valence-corrected chi connectivity index (χ0v) is 19.1. The maximum absolute atomic E-state index is 13.3. The minimum absolute atomic E-state index is 0.121. The van der Waals surface area contributed by atoms with Gasteiger partial charge in [-0.3, -0.25) is 4.79 Å². The van der Waals surface area contributed by atoms with E-state index in [9.17, 15) is 14.7 Å². The molecule has 2 aromatic heterocycles. The van der Waals surface area contributed by atoms with E-state index in [1.807, 2.05) is 12.1 Å². The summed E-state index contributed by atoms with van der Waals surface area (Å²) >= 11 is 0. The van der Waals surface area contributed by atoms with Crippen molar-refractivity contribution in [3.8, 4) is 11.4 Å². The molecule has 0 unspecified atom stereocenters. The molecule has 4 heterocycles. The third kappa shape index (κ3) is 2.64.